The second-order valence-corrected chi connectivity index (χ2v) is 7.74. The van der Waals surface area contributed by atoms with E-state index in [0.717, 1.165) is 5.56 Å². The first kappa shape index (κ1) is 15.5. The van der Waals surface area contributed by atoms with Crippen LogP contribution >= 0.6 is 27.3 Å². The Morgan fingerprint density at radius 2 is 1.90 bits per heavy atom. The molecule has 0 fully saturated rings. The second-order valence-electron chi connectivity index (χ2n) is 5.71. The largest absolute Gasteiger partial charge is 0.494 e. The van der Waals surface area contributed by atoms with E-state index >= 15 is 0 Å². The lowest BCUT2D eigenvalue weighted by Gasteiger charge is -2.16. The van der Waals surface area contributed by atoms with Crippen molar-refractivity contribution in [2.75, 3.05) is 7.11 Å². The number of benzene rings is 1. The van der Waals surface area contributed by atoms with Crippen molar-refractivity contribution in [2.24, 2.45) is 0 Å². The molecule has 0 spiro atoms. The van der Waals surface area contributed by atoms with Crippen LogP contribution in [-0.2, 0) is 5.41 Å². The summed E-state index contributed by atoms with van der Waals surface area (Å²) in [6.07, 6.45) is 0. The number of hydrogen-bond acceptors (Lipinski definition) is 2. The van der Waals surface area contributed by atoms with Gasteiger partial charge in [0.05, 0.1) is 11.9 Å². The molecule has 1 atom stereocenters. The molecule has 0 bridgehead atoms. The lowest BCUT2D eigenvalue weighted by Crippen LogP contribution is -2.07. The maximum absolute atomic E-state index is 13.5. The van der Waals surface area contributed by atoms with Crippen LogP contribution in [-0.4, -0.2) is 7.11 Å². The predicted octanol–water partition coefficient (Wildman–Crippen LogP) is 5.68. The molecule has 1 heterocycles. The summed E-state index contributed by atoms with van der Waals surface area (Å²) in [7, 11) is 1.48. The van der Waals surface area contributed by atoms with Gasteiger partial charge in [-0.1, -0.05) is 42.8 Å². The van der Waals surface area contributed by atoms with Crippen molar-refractivity contribution in [3.05, 3.63) is 51.5 Å². The molecule has 0 N–H and O–H groups in total. The topological polar surface area (TPSA) is 9.23 Å². The fourth-order valence-electron chi connectivity index (χ4n) is 1.89. The summed E-state index contributed by atoms with van der Waals surface area (Å²) in [6, 6.07) is 9.26. The molecular formula is C16H18BrFOS. The molecule has 0 aliphatic rings. The molecule has 1 nitrogen and oxygen atoms in total. The van der Waals surface area contributed by atoms with Gasteiger partial charge in [0.25, 0.3) is 0 Å². The third-order valence-corrected chi connectivity index (χ3v) is 5.98. The second kappa shape index (κ2) is 5.86. The van der Waals surface area contributed by atoms with Crippen LogP contribution in [0.2, 0.25) is 0 Å². The fraction of sp³-hybridized carbons (Fsp3) is 0.375. The minimum Gasteiger partial charge on any atom is -0.494 e. The molecule has 1 aromatic carbocycles. The Morgan fingerprint density at radius 3 is 2.45 bits per heavy atom. The van der Waals surface area contributed by atoms with Gasteiger partial charge < -0.3 is 4.74 Å². The zero-order chi connectivity index (χ0) is 14.9. The third kappa shape index (κ3) is 3.23. The smallest absolute Gasteiger partial charge is 0.165 e. The Labute approximate surface area is 131 Å². The van der Waals surface area contributed by atoms with Gasteiger partial charge in [-0.2, -0.15) is 0 Å². The van der Waals surface area contributed by atoms with Gasteiger partial charge in [0.15, 0.2) is 11.6 Å². The average Bonchev–Trinajstić information content (AvgIpc) is 2.88. The number of halogens is 2. The highest BCUT2D eigenvalue weighted by Crippen LogP contribution is 2.39. The molecule has 4 heteroatoms. The number of thiophene rings is 1. The summed E-state index contributed by atoms with van der Waals surface area (Å²) in [5, 5.41) is 0. The van der Waals surface area contributed by atoms with E-state index in [2.05, 4.69) is 48.8 Å². The quantitative estimate of drug-likeness (QED) is 0.643. The number of ether oxygens (including phenoxy) is 1. The van der Waals surface area contributed by atoms with Gasteiger partial charge in [-0.05, 0) is 35.2 Å². The minimum absolute atomic E-state index is 0.0538. The number of hydrogen-bond donors (Lipinski definition) is 0. The normalized spacial score (nSPS) is 13.3. The molecule has 0 saturated carbocycles. The summed E-state index contributed by atoms with van der Waals surface area (Å²) >= 11 is 5.47. The first-order valence-electron chi connectivity index (χ1n) is 6.40. The first-order valence-corrected chi connectivity index (χ1v) is 8.14. The van der Waals surface area contributed by atoms with Gasteiger partial charge in [0.1, 0.15) is 0 Å². The molecule has 2 rings (SSSR count). The highest BCUT2D eigenvalue weighted by atomic mass is 79.9. The van der Waals surface area contributed by atoms with Crippen molar-refractivity contribution in [1.29, 1.82) is 0 Å². The molecular weight excluding hydrogens is 339 g/mol. The molecule has 20 heavy (non-hydrogen) atoms. The summed E-state index contributed by atoms with van der Waals surface area (Å²) < 4.78 is 18.5. The fourth-order valence-corrected chi connectivity index (χ4v) is 3.68. The lowest BCUT2D eigenvalue weighted by molar-refractivity contribution is 0.386. The van der Waals surface area contributed by atoms with E-state index in [1.807, 2.05) is 0 Å². The Kier molecular flexibility index (Phi) is 4.55. The van der Waals surface area contributed by atoms with E-state index in [0.29, 0.717) is 0 Å². The highest BCUT2D eigenvalue weighted by Gasteiger charge is 2.20. The zero-order valence-corrected chi connectivity index (χ0v) is 14.4. The van der Waals surface area contributed by atoms with Gasteiger partial charge in [0.2, 0.25) is 0 Å². The highest BCUT2D eigenvalue weighted by molar-refractivity contribution is 9.09. The van der Waals surface area contributed by atoms with Crippen LogP contribution in [0.1, 0.15) is 40.9 Å². The minimum atomic E-state index is -0.336. The Balaban J connectivity index is 2.31. The lowest BCUT2D eigenvalue weighted by atomic mass is 9.95. The molecule has 0 aliphatic heterocycles. The van der Waals surface area contributed by atoms with Gasteiger partial charge in [-0.25, -0.2) is 4.39 Å². The van der Waals surface area contributed by atoms with E-state index in [4.69, 9.17) is 4.74 Å². The Hall–Kier alpha value is -0.870. The summed E-state index contributed by atoms with van der Waals surface area (Å²) in [4.78, 5) is 2.60. The number of methoxy groups -OCH3 is 1. The standard InChI is InChI=1S/C16H18BrFOS/c1-16(2,3)14-8-7-13(20-14)15(17)10-5-6-11(18)12(9-10)19-4/h5-9,15H,1-4H3. The van der Waals surface area contributed by atoms with E-state index in [9.17, 15) is 4.39 Å². The van der Waals surface area contributed by atoms with Gasteiger partial charge in [-0.15, -0.1) is 11.3 Å². The molecule has 0 saturated heterocycles. The van der Waals surface area contributed by atoms with Gasteiger partial charge in [0, 0.05) is 9.75 Å². The van der Waals surface area contributed by atoms with Crippen molar-refractivity contribution in [3.63, 3.8) is 0 Å². The van der Waals surface area contributed by atoms with Crippen molar-refractivity contribution in [3.8, 4) is 5.75 Å². The van der Waals surface area contributed by atoms with E-state index in [1.165, 1.54) is 22.9 Å². The first-order chi connectivity index (χ1) is 9.32. The van der Waals surface area contributed by atoms with Crippen LogP contribution in [0.5, 0.6) is 5.75 Å². The van der Waals surface area contributed by atoms with Crippen molar-refractivity contribution >= 4 is 27.3 Å². The van der Waals surface area contributed by atoms with Crippen LogP contribution in [0.3, 0.4) is 0 Å². The molecule has 108 valence electrons. The third-order valence-electron chi connectivity index (χ3n) is 3.08. The molecule has 1 unspecified atom stereocenters. The molecule has 0 radical (unpaired) electrons. The predicted molar refractivity (Wildman–Crippen MR) is 86.7 cm³/mol. The summed E-state index contributed by atoms with van der Waals surface area (Å²) in [6.45, 7) is 6.60. The summed E-state index contributed by atoms with van der Waals surface area (Å²) in [5.74, 6) is -0.0583. The van der Waals surface area contributed by atoms with Gasteiger partial charge in [-0.3, -0.25) is 0 Å². The molecule has 0 aliphatic carbocycles. The Bertz CT molecular complexity index is 601. The SMILES string of the molecule is COc1cc(C(Br)c2ccc(C(C)(C)C)s2)ccc1F. The van der Waals surface area contributed by atoms with Crippen molar-refractivity contribution in [1.82, 2.24) is 0 Å². The molecule has 0 amide bonds. The summed E-state index contributed by atoms with van der Waals surface area (Å²) in [5.41, 5.74) is 1.14. The average molecular weight is 357 g/mol. The number of alkyl halides is 1. The van der Waals surface area contributed by atoms with Crippen LogP contribution in [0, 0.1) is 5.82 Å². The maximum Gasteiger partial charge on any atom is 0.165 e. The van der Waals surface area contributed by atoms with Crippen LogP contribution in [0.4, 0.5) is 4.39 Å². The molecule has 1 aromatic heterocycles. The molecule has 2 aromatic rings. The van der Waals surface area contributed by atoms with Gasteiger partial charge >= 0.3 is 0 Å². The van der Waals surface area contributed by atoms with E-state index < -0.39 is 0 Å². The van der Waals surface area contributed by atoms with E-state index in [-0.39, 0.29) is 21.8 Å². The van der Waals surface area contributed by atoms with Crippen LogP contribution < -0.4 is 4.74 Å². The van der Waals surface area contributed by atoms with E-state index in [1.54, 1.807) is 23.5 Å². The Morgan fingerprint density at radius 1 is 1.20 bits per heavy atom. The maximum atomic E-state index is 13.5. The van der Waals surface area contributed by atoms with Crippen LogP contribution in [0.25, 0.3) is 0 Å². The number of rotatable bonds is 3. The zero-order valence-electron chi connectivity index (χ0n) is 12.0. The monoisotopic (exact) mass is 356 g/mol. The van der Waals surface area contributed by atoms with Crippen molar-refractivity contribution < 1.29 is 9.13 Å². The van der Waals surface area contributed by atoms with Crippen LogP contribution in [0.15, 0.2) is 30.3 Å². The van der Waals surface area contributed by atoms with Crippen molar-refractivity contribution in [2.45, 2.75) is 31.0 Å².